The van der Waals surface area contributed by atoms with Crippen molar-refractivity contribution >= 4 is 39.1 Å². The van der Waals surface area contributed by atoms with Crippen LogP contribution in [0.3, 0.4) is 0 Å². The lowest BCUT2D eigenvalue weighted by Crippen LogP contribution is -2.14. The van der Waals surface area contributed by atoms with Gasteiger partial charge in [-0.25, -0.2) is 9.78 Å². The monoisotopic (exact) mass is 395 g/mol. The molecule has 0 fully saturated rings. The second kappa shape index (κ2) is 7.49. The molecule has 0 aliphatic rings. The molecular formula is C19H13N3O5S. The molecule has 0 spiro atoms. The normalized spacial score (nSPS) is 10.7. The van der Waals surface area contributed by atoms with E-state index in [2.05, 4.69) is 15.3 Å². The fraction of sp³-hybridized carbons (Fsp3) is 0.0526. The minimum atomic E-state index is -0.572. The zero-order chi connectivity index (χ0) is 19.5. The van der Waals surface area contributed by atoms with Crippen LogP contribution >= 0.6 is 11.3 Å². The first kappa shape index (κ1) is 17.7. The number of rotatable bonds is 5. The molecule has 1 aromatic carbocycles. The number of carbonyl (C=O) groups excluding carboxylic acids is 2. The highest BCUT2D eigenvalue weighted by atomic mass is 32.1. The van der Waals surface area contributed by atoms with Crippen molar-refractivity contribution < 1.29 is 18.7 Å². The van der Waals surface area contributed by atoms with Gasteiger partial charge in [0.15, 0.2) is 5.76 Å². The Kier molecular flexibility index (Phi) is 4.73. The molecule has 4 rings (SSSR count). The summed E-state index contributed by atoms with van der Waals surface area (Å²) in [5.41, 5.74) is 1.11. The predicted octanol–water partition coefficient (Wildman–Crippen LogP) is 3.19. The van der Waals surface area contributed by atoms with Gasteiger partial charge in [0, 0.05) is 5.69 Å². The number of aromatic nitrogens is 2. The Morgan fingerprint density at radius 1 is 1.18 bits per heavy atom. The van der Waals surface area contributed by atoms with Crippen LogP contribution in [-0.2, 0) is 11.3 Å². The van der Waals surface area contributed by atoms with E-state index in [1.807, 2.05) is 0 Å². The maximum atomic E-state index is 12.2. The lowest BCUT2D eigenvalue weighted by atomic mass is 10.2. The van der Waals surface area contributed by atoms with Crippen molar-refractivity contribution in [3.8, 4) is 0 Å². The van der Waals surface area contributed by atoms with Crippen molar-refractivity contribution in [2.45, 2.75) is 6.61 Å². The Morgan fingerprint density at radius 3 is 2.75 bits per heavy atom. The summed E-state index contributed by atoms with van der Waals surface area (Å²) in [5, 5.41) is 4.43. The Balaban J connectivity index is 1.39. The number of thiophene rings is 1. The number of hydrogen-bond donors (Lipinski definition) is 2. The van der Waals surface area contributed by atoms with Gasteiger partial charge >= 0.3 is 5.97 Å². The number of H-pyrrole nitrogens is 1. The summed E-state index contributed by atoms with van der Waals surface area (Å²) in [4.78, 5) is 42.9. The molecule has 0 atom stereocenters. The number of nitrogens with one attached hydrogen (secondary N) is 2. The number of furan rings is 1. The van der Waals surface area contributed by atoms with Crippen molar-refractivity contribution in [2.75, 3.05) is 5.32 Å². The first-order valence-corrected chi connectivity index (χ1v) is 9.06. The summed E-state index contributed by atoms with van der Waals surface area (Å²) < 4.78 is 10.8. The highest BCUT2D eigenvalue weighted by Gasteiger charge is 2.12. The average molecular weight is 395 g/mol. The molecule has 4 aromatic rings. The molecule has 1 amide bonds. The van der Waals surface area contributed by atoms with Gasteiger partial charge in [0.25, 0.3) is 11.5 Å². The Hall–Kier alpha value is -3.72. The first-order chi connectivity index (χ1) is 13.6. The van der Waals surface area contributed by atoms with Crippen LogP contribution in [0.4, 0.5) is 5.69 Å². The molecular weight excluding hydrogens is 382 g/mol. The van der Waals surface area contributed by atoms with Gasteiger partial charge in [0.1, 0.15) is 17.1 Å². The van der Waals surface area contributed by atoms with Crippen LogP contribution < -0.4 is 10.9 Å². The molecule has 3 aromatic heterocycles. The van der Waals surface area contributed by atoms with Crippen LogP contribution in [-0.4, -0.2) is 21.8 Å². The van der Waals surface area contributed by atoms with Crippen LogP contribution in [0.5, 0.6) is 0 Å². The Bertz CT molecular complexity index is 1190. The number of ether oxygens (including phenoxy) is 1. The zero-order valence-electron chi connectivity index (χ0n) is 14.3. The number of esters is 1. The number of nitrogens with zero attached hydrogens (tertiary/aromatic N) is 1. The van der Waals surface area contributed by atoms with E-state index in [1.54, 1.807) is 35.7 Å². The predicted molar refractivity (Wildman–Crippen MR) is 102 cm³/mol. The van der Waals surface area contributed by atoms with E-state index in [-0.39, 0.29) is 29.7 Å². The van der Waals surface area contributed by atoms with E-state index in [1.165, 1.54) is 29.7 Å². The quantitative estimate of drug-likeness (QED) is 0.502. The number of anilines is 1. The van der Waals surface area contributed by atoms with Gasteiger partial charge in [-0.2, -0.15) is 0 Å². The summed E-state index contributed by atoms with van der Waals surface area (Å²) in [5.74, 6) is -0.504. The van der Waals surface area contributed by atoms with E-state index in [0.717, 1.165) is 0 Å². The largest absolute Gasteiger partial charge is 0.459 e. The molecule has 2 N–H and O–H groups in total. The number of aromatic amines is 1. The number of fused-ring (bicyclic) bond motifs is 1. The summed E-state index contributed by atoms with van der Waals surface area (Å²) in [6.07, 6.45) is 1.41. The standard InChI is InChI=1S/C19H13N3O5S/c23-17(14-2-1-8-26-14)20-12-5-3-11(4-6-12)19(25)27-10-15-21-13-7-9-28-16(13)18(24)22-15/h1-9H,10H2,(H,20,23)(H,21,22,24). The lowest BCUT2D eigenvalue weighted by molar-refractivity contribution is 0.0462. The maximum absolute atomic E-state index is 12.2. The third-order valence-electron chi connectivity index (χ3n) is 3.83. The smallest absolute Gasteiger partial charge is 0.338 e. The van der Waals surface area contributed by atoms with Gasteiger partial charge in [-0.15, -0.1) is 11.3 Å². The Labute approximate surface area is 161 Å². The summed E-state index contributed by atoms with van der Waals surface area (Å²) in [7, 11) is 0. The summed E-state index contributed by atoms with van der Waals surface area (Å²) in [6.45, 7) is -0.156. The highest BCUT2D eigenvalue weighted by molar-refractivity contribution is 7.17. The second-order valence-electron chi connectivity index (χ2n) is 5.73. The fourth-order valence-electron chi connectivity index (χ4n) is 2.50. The van der Waals surface area contributed by atoms with Crippen molar-refractivity contribution in [1.82, 2.24) is 9.97 Å². The molecule has 28 heavy (non-hydrogen) atoms. The average Bonchev–Trinajstić information content (AvgIpc) is 3.39. The van der Waals surface area contributed by atoms with E-state index >= 15 is 0 Å². The van der Waals surface area contributed by atoms with Crippen LogP contribution in [0, 0.1) is 0 Å². The van der Waals surface area contributed by atoms with Gasteiger partial charge < -0.3 is 19.5 Å². The molecule has 140 valence electrons. The molecule has 9 heteroatoms. The molecule has 3 heterocycles. The Morgan fingerprint density at radius 2 is 2.00 bits per heavy atom. The molecule has 0 saturated carbocycles. The fourth-order valence-corrected chi connectivity index (χ4v) is 3.22. The van der Waals surface area contributed by atoms with Crippen molar-refractivity contribution in [2.24, 2.45) is 0 Å². The summed E-state index contributed by atoms with van der Waals surface area (Å²) in [6, 6.07) is 11.1. The topological polar surface area (TPSA) is 114 Å². The zero-order valence-corrected chi connectivity index (χ0v) is 15.1. The summed E-state index contributed by atoms with van der Waals surface area (Å²) >= 11 is 1.30. The van der Waals surface area contributed by atoms with Crippen LogP contribution in [0.15, 0.2) is 63.3 Å². The molecule has 0 radical (unpaired) electrons. The molecule has 0 aliphatic heterocycles. The molecule has 0 aliphatic carbocycles. The minimum Gasteiger partial charge on any atom is -0.459 e. The second-order valence-corrected chi connectivity index (χ2v) is 6.65. The number of hydrogen-bond acceptors (Lipinski definition) is 7. The molecule has 0 saturated heterocycles. The van der Waals surface area contributed by atoms with Crippen LogP contribution in [0.2, 0.25) is 0 Å². The first-order valence-electron chi connectivity index (χ1n) is 8.18. The minimum absolute atomic E-state index is 0.156. The molecule has 8 nitrogen and oxygen atoms in total. The van der Waals surface area contributed by atoms with Gasteiger partial charge in [-0.05, 0) is 47.8 Å². The maximum Gasteiger partial charge on any atom is 0.338 e. The number of benzene rings is 1. The van der Waals surface area contributed by atoms with Crippen LogP contribution in [0.1, 0.15) is 26.7 Å². The number of carbonyl (C=O) groups is 2. The van der Waals surface area contributed by atoms with Gasteiger partial charge in [0.05, 0.1) is 17.3 Å². The van der Waals surface area contributed by atoms with Crippen molar-refractivity contribution in [3.05, 3.63) is 81.6 Å². The van der Waals surface area contributed by atoms with E-state index in [0.29, 0.717) is 21.5 Å². The SMILES string of the molecule is O=C(OCc1nc2ccsc2c(=O)[nH]1)c1ccc(NC(=O)c2ccco2)cc1. The van der Waals surface area contributed by atoms with Gasteiger partial charge in [0.2, 0.25) is 0 Å². The molecule has 0 bridgehead atoms. The lowest BCUT2D eigenvalue weighted by Gasteiger charge is -2.06. The third-order valence-corrected chi connectivity index (χ3v) is 4.73. The number of amides is 1. The van der Waals surface area contributed by atoms with E-state index in [9.17, 15) is 14.4 Å². The van der Waals surface area contributed by atoms with E-state index in [4.69, 9.17) is 9.15 Å². The van der Waals surface area contributed by atoms with Crippen molar-refractivity contribution in [3.63, 3.8) is 0 Å². The highest BCUT2D eigenvalue weighted by Crippen LogP contribution is 2.15. The van der Waals surface area contributed by atoms with Crippen molar-refractivity contribution in [1.29, 1.82) is 0 Å². The van der Waals surface area contributed by atoms with Gasteiger partial charge in [-0.3, -0.25) is 9.59 Å². The third kappa shape index (κ3) is 3.69. The van der Waals surface area contributed by atoms with Gasteiger partial charge in [-0.1, -0.05) is 0 Å². The van der Waals surface area contributed by atoms with E-state index < -0.39 is 5.97 Å². The van der Waals surface area contributed by atoms with Crippen LogP contribution in [0.25, 0.3) is 10.2 Å². The molecule has 0 unspecified atom stereocenters.